The Balaban J connectivity index is 1.89. The molecule has 1 aliphatic rings. The van der Waals surface area contributed by atoms with Gasteiger partial charge in [0.05, 0.1) is 0 Å². The predicted octanol–water partition coefficient (Wildman–Crippen LogP) is 1.80. The van der Waals surface area contributed by atoms with Crippen LogP contribution in [0.5, 0.6) is 5.75 Å². The number of hydrogen-bond acceptors (Lipinski definition) is 4. The monoisotopic (exact) mass is 315 g/mol. The van der Waals surface area contributed by atoms with Gasteiger partial charge in [0.25, 0.3) is 5.91 Å². The van der Waals surface area contributed by atoms with Crippen LogP contribution in [0, 0.1) is 0 Å². The standard InChI is InChI=1S/C13H14ClNO4S/c14-9-1-3-10(4-2-9)19-7-11(16)15-13(12(17)18)5-6-20-8-13/h1-4H,5-8H2,(H,15,16)(H,17,18)/t13-/m0/s1. The molecule has 1 amide bonds. The fourth-order valence-electron chi connectivity index (χ4n) is 1.87. The number of amides is 1. The third-order valence-corrected chi connectivity index (χ3v) is 4.43. The van der Waals surface area contributed by atoms with Gasteiger partial charge in [0, 0.05) is 10.8 Å². The first-order chi connectivity index (χ1) is 9.52. The quantitative estimate of drug-likeness (QED) is 0.866. The van der Waals surface area contributed by atoms with Gasteiger partial charge >= 0.3 is 5.97 Å². The molecule has 7 heteroatoms. The second kappa shape index (κ2) is 6.37. The number of halogens is 1. The van der Waals surface area contributed by atoms with Crippen LogP contribution in [0.2, 0.25) is 5.02 Å². The molecule has 1 aliphatic heterocycles. The number of hydrogen-bond donors (Lipinski definition) is 2. The Morgan fingerprint density at radius 1 is 1.40 bits per heavy atom. The molecule has 108 valence electrons. The number of thioether (sulfide) groups is 1. The van der Waals surface area contributed by atoms with Crippen molar-refractivity contribution in [3.8, 4) is 5.75 Å². The summed E-state index contributed by atoms with van der Waals surface area (Å²) in [5.41, 5.74) is -1.16. The van der Waals surface area contributed by atoms with Crippen LogP contribution in [0.3, 0.4) is 0 Å². The summed E-state index contributed by atoms with van der Waals surface area (Å²) in [6.45, 7) is -0.221. The van der Waals surface area contributed by atoms with Crippen molar-refractivity contribution in [2.45, 2.75) is 12.0 Å². The van der Waals surface area contributed by atoms with Crippen LogP contribution >= 0.6 is 23.4 Å². The molecule has 2 N–H and O–H groups in total. The van der Waals surface area contributed by atoms with E-state index in [1.807, 2.05) is 0 Å². The maximum Gasteiger partial charge on any atom is 0.330 e. The van der Waals surface area contributed by atoms with Crippen LogP contribution in [0.1, 0.15) is 6.42 Å². The van der Waals surface area contributed by atoms with E-state index in [0.29, 0.717) is 22.9 Å². The van der Waals surface area contributed by atoms with Crippen LogP contribution in [-0.2, 0) is 9.59 Å². The van der Waals surface area contributed by atoms with Gasteiger partial charge in [0.15, 0.2) is 6.61 Å². The number of aliphatic carboxylic acids is 1. The number of carboxylic acids is 1. The van der Waals surface area contributed by atoms with Crippen LogP contribution in [-0.4, -0.2) is 40.6 Å². The maximum atomic E-state index is 11.8. The molecule has 1 heterocycles. The van der Waals surface area contributed by atoms with E-state index in [4.69, 9.17) is 16.3 Å². The first-order valence-electron chi connectivity index (χ1n) is 6.02. The van der Waals surface area contributed by atoms with Crippen molar-refractivity contribution < 1.29 is 19.4 Å². The molecular formula is C13H14ClNO4S. The highest BCUT2D eigenvalue weighted by Gasteiger charge is 2.43. The fourth-order valence-corrected chi connectivity index (χ4v) is 3.32. The molecule has 1 atom stereocenters. The molecule has 0 radical (unpaired) electrons. The van der Waals surface area contributed by atoms with Crippen molar-refractivity contribution in [3.05, 3.63) is 29.3 Å². The summed E-state index contributed by atoms with van der Waals surface area (Å²) in [6, 6.07) is 6.60. The van der Waals surface area contributed by atoms with E-state index in [2.05, 4.69) is 5.32 Å². The van der Waals surface area contributed by atoms with E-state index >= 15 is 0 Å². The summed E-state index contributed by atoms with van der Waals surface area (Å²) in [7, 11) is 0. The van der Waals surface area contributed by atoms with Crippen LogP contribution in [0.15, 0.2) is 24.3 Å². The van der Waals surface area contributed by atoms with Gasteiger partial charge in [-0.15, -0.1) is 0 Å². The Bertz CT molecular complexity index is 500. The topological polar surface area (TPSA) is 75.6 Å². The molecule has 0 unspecified atom stereocenters. The molecule has 1 fully saturated rings. The van der Waals surface area contributed by atoms with Gasteiger partial charge in [-0.25, -0.2) is 4.79 Å². The highest BCUT2D eigenvalue weighted by molar-refractivity contribution is 7.99. The van der Waals surface area contributed by atoms with Crippen molar-refractivity contribution in [3.63, 3.8) is 0 Å². The molecule has 1 saturated heterocycles. The summed E-state index contributed by atoms with van der Waals surface area (Å²) in [6.07, 6.45) is 0.430. The molecule has 2 rings (SSSR count). The smallest absolute Gasteiger partial charge is 0.330 e. The summed E-state index contributed by atoms with van der Waals surface area (Å²) in [5, 5.41) is 12.4. The van der Waals surface area contributed by atoms with Crippen molar-refractivity contribution >= 4 is 35.2 Å². The summed E-state index contributed by atoms with van der Waals surface area (Å²) in [5.74, 6) is 0.182. The van der Waals surface area contributed by atoms with E-state index < -0.39 is 17.4 Å². The first-order valence-corrected chi connectivity index (χ1v) is 7.56. The lowest BCUT2D eigenvalue weighted by atomic mass is 9.99. The zero-order valence-electron chi connectivity index (χ0n) is 10.6. The van der Waals surface area contributed by atoms with Crippen LogP contribution in [0.25, 0.3) is 0 Å². The van der Waals surface area contributed by atoms with Gasteiger partial charge in [-0.1, -0.05) is 11.6 Å². The molecule has 0 aliphatic carbocycles. The minimum Gasteiger partial charge on any atom is -0.484 e. The second-order valence-corrected chi connectivity index (χ2v) is 6.02. The van der Waals surface area contributed by atoms with E-state index in [1.165, 1.54) is 11.8 Å². The summed E-state index contributed by atoms with van der Waals surface area (Å²) in [4.78, 5) is 23.1. The Kier molecular flexibility index (Phi) is 4.77. The molecule has 0 spiro atoms. The number of carbonyl (C=O) groups is 2. The normalized spacial score (nSPS) is 21.4. The molecule has 0 saturated carbocycles. The lowest BCUT2D eigenvalue weighted by Crippen LogP contribution is -2.55. The zero-order valence-corrected chi connectivity index (χ0v) is 12.2. The second-order valence-electron chi connectivity index (χ2n) is 4.48. The van der Waals surface area contributed by atoms with E-state index in [1.54, 1.807) is 24.3 Å². The highest BCUT2D eigenvalue weighted by Crippen LogP contribution is 2.28. The zero-order chi connectivity index (χ0) is 14.6. The van der Waals surface area contributed by atoms with Crippen molar-refractivity contribution in [1.82, 2.24) is 5.32 Å². The van der Waals surface area contributed by atoms with E-state index in [9.17, 15) is 14.7 Å². The van der Waals surface area contributed by atoms with Gasteiger partial charge in [-0.2, -0.15) is 11.8 Å². The third kappa shape index (κ3) is 3.58. The van der Waals surface area contributed by atoms with Gasteiger partial charge < -0.3 is 15.2 Å². The Labute approximate surface area is 125 Å². The average Bonchev–Trinajstić information content (AvgIpc) is 2.88. The van der Waals surface area contributed by atoms with Crippen molar-refractivity contribution in [1.29, 1.82) is 0 Å². The molecule has 0 aromatic heterocycles. The van der Waals surface area contributed by atoms with Crippen molar-refractivity contribution in [2.24, 2.45) is 0 Å². The van der Waals surface area contributed by atoms with E-state index in [0.717, 1.165) is 5.75 Å². The minimum atomic E-state index is -1.16. The van der Waals surface area contributed by atoms with Gasteiger partial charge in [0.2, 0.25) is 0 Å². The average molecular weight is 316 g/mol. The van der Waals surface area contributed by atoms with E-state index in [-0.39, 0.29) is 6.61 Å². The van der Waals surface area contributed by atoms with Crippen LogP contribution < -0.4 is 10.1 Å². The van der Waals surface area contributed by atoms with Gasteiger partial charge in [-0.05, 0) is 36.4 Å². The number of ether oxygens (including phenoxy) is 1. The first kappa shape index (κ1) is 15.0. The molecular weight excluding hydrogens is 302 g/mol. The SMILES string of the molecule is O=C(COc1ccc(Cl)cc1)N[C@@]1(C(=O)O)CCSC1. The lowest BCUT2D eigenvalue weighted by molar-refractivity contribution is -0.146. The van der Waals surface area contributed by atoms with Gasteiger partial charge in [-0.3, -0.25) is 4.79 Å². The number of nitrogens with one attached hydrogen (secondary N) is 1. The number of carbonyl (C=O) groups excluding carboxylic acids is 1. The summed E-state index contributed by atoms with van der Waals surface area (Å²) < 4.78 is 5.29. The van der Waals surface area contributed by atoms with Gasteiger partial charge in [0.1, 0.15) is 11.3 Å². The van der Waals surface area contributed by atoms with Crippen molar-refractivity contribution in [2.75, 3.05) is 18.1 Å². The molecule has 5 nitrogen and oxygen atoms in total. The third-order valence-electron chi connectivity index (χ3n) is 2.99. The maximum absolute atomic E-state index is 11.8. The lowest BCUT2D eigenvalue weighted by Gasteiger charge is -2.24. The number of rotatable bonds is 5. The van der Waals surface area contributed by atoms with Crippen LogP contribution in [0.4, 0.5) is 0 Å². The molecule has 1 aromatic rings. The number of carboxylic acid groups (broad SMARTS) is 1. The summed E-state index contributed by atoms with van der Waals surface area (Å²) >= 11 is 7.25. The molecule has 0 bridgehead atoms. The predicted molar refractivity (Wildman–Crippen MR) is 77.4 cm³/mol. The highest BCUT2D eigenvalue weighted by atomic mass is 35.5. The Morgan fingerprint density at radius 2 is 2.10 bits per heavy atom. The molecule has 20 heavy (non-hydrogen) atoms. The molecule has 1 aromatic carbocycles. The number of benzene rings is 1. The largest absolute Gasteiger partial charge is 0.484 e. The minimum absolute atomic E-state index is 0.221. The Hall–Kier alpha value is -1.40. The Morgan fingerprint density at radius 3 is 2.65 bits per heavy atom. The fraction of sp³-hybridized carbons (Fsp3) is 0.385.